The second-order valence-corrected chi connectivity index (χ2v) is 7.63. The summed E-state index contributed by atoms with van der Waals surface area (Å²) in [5.74, 6) is -0.149. The Bertz CT molecular complexity index is 745. The number of carbonyl (C=O) groups excluding carboxylic acids is 1. The summed E-state index contributed by atoms with van der Waals surface area (Å²) in [5, 5.41) is 3.25. The summed E-state index contributed by atoms with van der Waals surface area (Å²) >= 11 is 0. The van der Waals surface area contributed by atoms with E-state index in [1.807, 2.05) is 6.07 Å². The van der Waals surface area contributed by atoms with Crippen molar-refractivity contribution in [1.29, 1.82) is 0 Å². The van der Waals surface area contributed by atoms with Crippen LogP contribution in [0, 0.1) is 5.82 Å². The second-order valence-electron chi connectivity index (χ2n) is 7.63. The van der Waals surface area contributed by atoms with Gasteiger partial charge in [-0.2, -0.15) is 0 Å². The molecule has 0 atom stereocenters. The highest BCUT2D eigenvalue weighted by atomic mass is 19.1. The van der Waals surface area contributed by atoms with E-state index in [9.17, 15) is 9.18 Å². The van der Waals surface area contributed by atoms with E-state index in [2.05, 4.69) is 29.6 Å². The van der Waals surface area contributed by atoms with E-state index >= 15 is 0 Å². The molecule has 0 radical (unpaired) electrons. The average molecular weight is 337 g/mol. The van der Waals surface area contributed by atoms with Crippen molar-refractivity contribution >= 4 is 5.91 Å². The Labute approximate surface area is 148 Å². The Morgan fingerprint density at radius 3 is 2.04 bits per heavy atom. The molecule has 0 heterocycles. The molecule has 2 aliphatic rings. The molecular weight excluding hydrogens is 313 g/mol. The first-order chi connectivity index (χ1) is 12.1. The highest BCUT2D eigenvalue weighted by Crippen LogP contribution is 2.46. The van der Waals surface area contributed by atoms with Crippen LogP contribution in [0.5, 0.6) is 0 Å². The van der Waals surface area contributed by atoms with Crippen LogP contribution in [0.4, 0.5) is 4.39 Å². The van der Waals surface area contributed by atoms with E-state index < -0.39 is 5.41 Å². The molecule has 2 aliphatic carbocycles. The lowest BCUT2D eigenvalue weighted by molar-refractivity contribution is -0.130. The minimum Gasteiger partial charge on any atom is -0.354 e. The van der Waals surface area contributed by atoms with Crippen molar-refractivity contribution in [2.24, 2.45) is 0 Å². The summed E-state index contributed by atoms with van der Waals surface area (Å²) in [7, 11) is 0. The summed E-state index contributed by atoms with van der Waals surface area (Å²) in [6.45, 7) is 0.693. The number of carbonyl (C=O) groups is 1. The Balaban J connectivity index is 1.50. The van der Waals surface area contributed by atoms with Crippen LogP contribution in [-0.2, 0) is 15.6 Å². The molecule has 2 saturated carbocycles. The van der Waals surface area contributed by atoms with Gasteiger partial charge in [0.1, 0.15) is 5.82 Å². The third-order valence-corrected chi connectivity index (χ3v) is 6.32. The first-order valence-electron chi connectivity index (χ1n) is 9.25. The van der Waals surface area contributed by atoms with Gasteiger partial charge in [0, 0.05) is 12.0 Å². The monoisotopic (exact) mass is 337 g/mol. The summed E-state index contributed by atoms with van der Waals surface area (Å²) < 4.78 is 13.2. The molecule has 130 valence electrons. The van der Waals surface area contributed by atoms with Crippen LogP contribution in [0.1, 0.15) is 49.7 Å². The maximum atomic E-state index is 13.2. The van der Waals surface area contributed by atoms with Crippen molar-refractivity contribution in [1.82, 2.24) is 5.32 Å². The first-order valence-corrected chi connectivity index (χ1v) is 9.25. The fourth-order valence-electron chi connectivity index (χ4n) is 4.33. The van der Waals surface area contributed by atoms with Gasteiger partial charge in [-0.1, -0.05) is 55.3 Å². The molecule has 25 heavy (non-hydrogen) atoms. The Morgan fingerprint density at radius 2 is 1.52 bits per heavy atom. The number of hydrogen-bond donors (Lipinski definition) is 1. The lowest BCUT2D eigenvalue weighted by Crippen LogP contribution is -2.53. The molecule has 2 fully saturated rings. The third-order valence-electron chi connectivity index (χ3n) is 6.32. The molecule has 0 unspecified atom stereocenters. The van der Waals surface area contributed by atoms with E-state index in [1.54, 1.807) is 12.1 Å². The number of hydrogen-bond acceptors (Lipinski definition) is 1. The molecule has 4 rings (SSSR count). The molecule has 1 N–H and O–H groups in total. The van der Waals surface area contributed by atoms with Gasteiger partial charge < -0.3 is 5.32 Å². The molecule has 2 nitrogen and oxygen atoms in total. The fourth-order valence-corrected chi connectivity index (χ4v) is 4.33. The molecule has 0 spiro atoms. The summed E-state index contributed by atoms with van der Waals surface area (Å²) in [4.78, 5) is 13.0. The van der Waals surface area contributed by atoms with Crippen molar-refractivity contribution in [3.05, 3.63) is 71.5 Å². The van der Waals surface area contributed by atoms with Gasteiger partial charge in [-0.15, -0.1) is 0 Å². The normalized spacial score (nSPS) is 20.2. The van der Waals surface area contributed by atoms with Crippen molar-refractivity contribution < 1.29 is 9.18 Å². The fraction of sp³-hybridized carbons (Fsp3) is 0.409. The minimum atomic E-state index is -0.463. The molecular formula is C22H24FNO. The first kappa shape index (κ1) is 16.3. The molecule has 2 aromatic carbocycles. The van der Waals surface area contributed by atoms with Gasteiger partial charge in [0.2, 0.25) is 5.91 Å². The molecule has 1 amide bonds. The number of halogens is 1. The van der Waals surface area contributed by atoms with Crippen LogP contribution < -0.4 is 5.32 Å². The third kappa shape index (κ3) is 2.76. The number of nitrogens with one attached hydrogen (secondary N) is 1. The molecule has 2 aromatic rings. The lowest BCUT2D eigenvalue weighted by atomic mass is 9.62. The molecule has 0 bridgehead atoms. The van der Waals surface area contributed by atoms with E-state index in [0.29, 0.717) is 6.54 Å². The smallest absolute Gasteiger partial charge is 0.230 e. The van der Waals surface area contributed by atoms with Crippen LogP contribution in [0.3, 0.4) is 0 Å². The summed E-state index contributed by atoms with van der Waals surface area (Å²) in [6.07, 6.45) is 6.22. The largest absolute Gasteiger partial charge is 0.354 e. The van der Waals surface area contributed by atoms with E-state index in [1.165, 1.54) is 24.1 Å². The van der Waals surface area contributed by atoms with Gasteiger partial charge in [-0.05, 0) is 48.9 Å². The highest BCUT2D eigenvalue weighted by Gasteiger charge is 2.47. The van der Waals surface area contributed by atoms with Gasteiger partial charge in [0.05, 0.1) is 5.41 Å². The van der Waals surface area contributed by atoms with Crippen LogP contribution in [0.15, 0.2) is 54.6 Å². The van der Waals surface area contributed by atoms with Crippen molar-refractivity contribution in [2.75, 3.05) is 6.54 Å². The van der Waals surface area contributed by atoms with E-state index in [-0.39, 0.29) is 17.1 Å². The minimum absolute atomic E-state index is 0.0879. The molecule has 0 saturated heterocycles. The zero-order valence-electron chi connectivity index (χ0n) is 14.4. The van der Waals surface area contributed by atoms with Gasteiger partial charge in [-0.25, -0.2) is 4.39 Å². The lowest BCUT2D eigenvalue weighted by Gasteiger charge is -2.45. The van der Waals surface area contributed by atoms with Crippen molar-refractivity contribution in [3.63, 3.8) is 0 Å². The van der Waals surface area contributed by atoms with Crippen LogP contribution >= 0.6 is 0 Å². The topological polar surface area (TPSA) is 29.1 Å². The van der Waals surface area contributed by atoms with Crippen LogP contribution in [0.2, 0.25) is 0 Å². The number of amides is 1. The zero-order chi connectivity index (χ0) is 17.3. The van der Waals surface area contributed by atoms with Gasteiger partial charge in [-0.3, -0.25) is 4.79 Å². The maximum absolute atomic E-state index is 13.2. The summed E-state index contributed by atoms with van der Waals surface area (Å²) in [5.41, 5.74) is 1.89. The predicted molar refractivity (Wildman–Crippen MR) is 96.9 cm³/mol. The number of benzene rings is 2. The molecule has 3 heteroatoms. The standard InChI is InChI=1S/C22H24FNO/c23-19-10-8-18(9-11-19)22(14-5-15-22)20(25)24-16-21(12-4-13-21)17-6-2-1-3-7-17/h1-3,6-11H,4-5,12-16H2,(H,24,25). The quantitative estimate of drug-likeness (QED) is 0.856. The number of rotatable bonds is 5. The van der Waals surface area contributed by atoms with E-state index in [0.717, 1.165) is 37.7 Å². The SMILES string of the molecule is O=C(NCC1(c2ccccc2)CCC1)C1(c2ccc(F)cc2)CCC1. The van der Waals surface area contributed by atoms with Crippen molar-refractivity contribution in [3.8, 4) is 0 Å². The Morgan fingerprint density at radius 1 is 0.880 bits per heavy atom. The highest BCUT2D eigenvalue weighted by molar-refractivity contribution is 5.89. The Hall–Kier alpha value is -2.16. The van der Waals surface area contributed by atoms with Gasteiger partial charge >= 0.3 is 0 Å². The summed E-state index contributed by atoms with van der Waals surface area (Å²) in [6, 6.07) is 17.0. The molecule has 0 aliphatic heterocycles. The Kier molecular flexibility index (Phi) is 4.10. The average Bonchev–Trinajstić information content (AvgIpc) is 2.56. The predicted octanol–water partition coefficient (Wildman–Crippen LogP) is 4.49. The molecule has 0 aromatic heterocycles. The second kappa shape index (κ2) is 6.29. The van der Waals surface area contributed by atoms with Gasteiger partial charge in [0.15, 0.2) is 0 Å². The zero-order valence-corrected chi connectivity index (χ0v) is 14.4. The van der Waals surface area contributed by atoms with Crippen molar-refractivity contribution in [2.45, 2.75) is 49.4 Å². The van der Waals surface area contributed by atoms with Crippen LogP contribution in [0.25, 0.3) is 0 Å². The van der Waals surface area contributed by atoms with E-state index in [4.69, 9.17) is 0 Å². The maximum Gasteiger partial charge on any atom is 0.230 e. The van der Waals surface area contributed by atoms with Gasteiger partial charge in [0.25, 0.3) is 0 Å². The van der Waals surface area contributed by atoms with Crippen LogP contribution in [-0.4, -0.2) is 12.5 Å².